The quantitative estimate of drug-likeness (QED) is 0.803. The molecule has 1 atom stereocenters. The lowest BCUT2D eigenvalue weighted by Gasteiger charge is -2.42. The molecule has 5 heteroatoms. The SMILES string of the molecule is COC1CCN(C(C)(C)CNC(=O)C2CC23CCNCC3)CC1. The van der Waals surface area contributed by atoms with Crippen LogP contribution in [0.1, 0.15) is 46.0 Å². The summed E-state index contributed by atoms with van der Waals surface area (Å²) in [4.78, 5) is 15.0. The molecular formula is C18H33N3O2. The third-order valence-electron chi connectivity index (χ3n) is 6.43. The van der Waals surface area contributed by atoms with Gasteiger partial charge in [-0.3, -0.25) is 9.69 Å². The minimum absolute atomic E-state index is 0.0184. The molecule has 1 amide bonds. The van der Waals surface area contributed by atoms with Gasteiger partial charge in [0.15, 0.2) is 0 Å². The molecule has 2 aliphatic heterocycles. The van der Waals surface area contributed by atoms with Crippen LogP contribution < -0.4 is 10.6 Å². The van der Waals surface area contributed by atoms with Crippen molar-refractivity contribution in [1.82, 2.24) is 15.5 Å². The van der Waals surface area contributed by atoms with Crippen molar-refractivity contribution in [2.75, 3.05) is 39.8 Å². The van der Waals surface area contributed by atoms with Crippen LogP contribution in [0.5, 0.6) is 0 Å². The first-order valence-corrected chi connectivity index (χ1v) is 9.23. The first-order valence-electron chi connectivity index (χ1n) is 9.23. The number of ether oxygens (including phenoxy) is 1. The van der Waals surface area contributed by atoms with Crippen LogP contribution in [-0.2, 0) is 9.53 Å². The fourth-order valence-electron chi connectivity index (χ4n) is 4.43. The molecule has 5 nitrogen and oxygen atoms in total. The maximum Gasteiger partial charge on any atom is 0.223 e. The second-order valence-electron chi connectivity index (χ2n) is 8.32. The summed E-state index contributed by atoms with van der Waals surface area (Å²) in [7, 11) is 1.80. The number of likely N-dealkylation sites (tertiary alicyclic amines) is 1. The monoisotopic (exact) mass is 323 g/mol. The zero-order valence-corrected chi connectivity index (χ0v) is 15.0. The highest BCUT2D eigenvalue weighted by Crippen LogP contribution is 2.58. The summed E-state index contributed by atoms with van der Waals surface area (Å²) < 4.78 is 5.45. The highest BCUT2D eigenvalue weighted by molar-refractivity contribution is 5.82. The van der Waals surface area contributed by atoms with Crippen LogP contribution in [0.2, 0.25) is 0 Å². The fourth-order valence-corrected chi connectivity index (χ4v) is 4.43. The maximum atomic E-state index is 12.5. The number of amides is 1. The van der Waals surface area contributed by atoms with Gasteiger partial charge < -0.3 is 15.4 Å². The Morgan fingerprint density at radius 2 is 1.96 bits per heavy atom. The third kappa shape index (κ3) is 3.72. The van der Waals surface area contributed by atoms with E-state index in [1.54, 1.807) is 7.11 Å². The Hall–Kier alpha value is -0.650. The number of hydrogen-bond donors (Lipinski definition) is 2. The van der Waals surface area contributed by atoms with E-state index >= 15 is 0 Å². The molecule has 3 rings (SSSR count). The average molecular weight is 323 g/mol. The van der Waals surface area contributed by atoms with Crippen molar-refractivity contribution < 1.29 is 9.53 Å². The summed E-state index contributed by atoms with van der Waals surface area (Å²) in [6.07, 6.45) is 6.01. The van der Waals surface area contributed by atoms with E-state index in [0.29, 0.717) is 11.5 Å². The summed E-state index contributed by atoms with van der Waals surface area (Å²) >= 11 is 0. The zero-order chi connectivity index (χ0) is 16.5. The fraction of sp³-hybridized carbons (Fsp3) is 0.944. The van der Waals surface area contributed by atoms with Crippen LogP contribution in [0.25, 0.3) is 0 Å². The first kappa shape index (κ1) is 17.2. The van der Waals surface area contributed by atoms with Crippen molar-refractivity contribution in [3.05, 3.63) is 0 Å². The van der Waals surface area contributed by atoms with Crippen molar-refractivity contribution in [1.29, 1.82) is 0 Å². The second kappa shape index (κ2) is 6.69. The van der Waals surface area contributed by atoms with Gasteiger partial charge in [-0.15, -0.1) is 0 Å². The van der Waals surface area contributed by atoms with E-state index in [9.17, 15) is 4.79 Å². The van der Waals surface area contributed by atoms with Crippen molar-refractivity contribution in [3.63, 3.8) is 0 Å². The molecule has 0 aromatic carbocycles. The Morgan fingerprint density at radius 3 is 2.57 bits per heavy atom. The number of methoxy groups -OCH3 is 1. The van der Waals surface area contributed by atoms with E-state index in [4.69, 9.17) is 4.74 Å². The number of nitrogens with one attached hydrogen (secondary N) is 2. The Balaban J connectivity index is 1.45. The molecule has 3 fully saturated rings. The highest BCUT2D eigenvalue weighted by atomic mass is 16.5. The Morgan fingerprint density at radius 1 is 1.30 bits per heavy atom. The molecule has 0 radical (unpaired) electrons. The van der Waals surface area contributed by atoms with E-state index in [2.05, 4.69) is 29.4 Å². The summed E-state index contributed by atoms with van der Waals surface area (Å²) in [6.45, 7) is 9.49. The summed E-state index contributed by atoms with van der Waals surface area (Å²) in [6, 6.07) is 0. The third-order valence-corrected chi connectivity index (χ3v) is 6.43. The van der Waals surface area contributed by atoms with Gasteiger partial charge in [0.1, 0.15) is 0 Å². The van der Waals surface area contributed by atoms with E-state index in [0.717, 1.165) is 52.0 Å². The predicted molar refractivity (Wildman–Crippen MR) is 91.3 cm³/mol. The van der Waals surface area contributed by atoms with Gasteiger partial charge in [-0.2, -0.15) is 0 Å². The summed E-state index contributed by atoms with van der Waals surface area (Å²) in [5.41, 5.74) is 0.348. The van der Waals surface area contributed by atoms with Gasteiger partial charge in [0.05, 0.1) is 6.10 Å². The Kier molecular flexibility index (Phi) is 5.00. The lowest BCUT2D eigenvalue weighted by atomic mass is 9.91. The molecule has 23 heavy (non-hydrogen) atoms. The minimum atomic E-state index is 0.0184. The van der Waals surface area contributed by atoms with Crippen LogP contribution in [0.4, 0.5) is 0 Å². The summed E-state index contributed by atoms with van der Waals surface area (Å²) in [5.74, 6) is 0.548. The smallest absolute Gasteiger partial charge is 0.223 e. The number of nitrogens with zero attached hydrogens (tertiary/aromatic N) is 1. The number of carbonyl (C=O) groups is 1. The van der Waals surface area contributed by atoms with Crippen LogP contribution in [0, 0.1) is 11.3 Å². The lowest BCUT2D eigenvalue weighted by molar-refractivity contribution is -0.124. The molecule has 0 aromatic rings. The van der Waals surface area contributed by atoms with Crippen LogP contribution in [0.3, 0.4) is 0 Å². The molecule has 2 heterocycles. The van der Waals surface area contributed by atoms with Crippen LogP contribution >= 0.6 is 0 Å². The van der Waals surface area contributed by atoms with Gasteiger partial charge in [0.25, 0.3) is 0 Å². The highest BCUT2D eigenvalue weighted by Gasteiger charge is 2.57. The van der Waals surface area contributed by atoms with Crippen molar-refractivity contribution in [2.45, 2.75) is 57.6 Å². The molecule has 1 spiro atoms. The molecule has 3 aliphatic rings. The van der Waals surface area contributed by atoms with E-state index in [-0.39, 0.29) is 17.4 Å². The van der Waals surface area contributed by atoms with Crippen molar-refractivity contribution >= 4 is 5.91 Å². The molecular weight excluding hydrogens is 290 g/mol. The number of rotatable bonds is 5. The second-order valence-corrected chi connectivity index (χ2v) is 8.32. The van der Waals surface area contributed by atoms with Gasteiger partial charge in [0, 0.05) is 38.2 Å². The van der Waals surface area contributed by atoms with Gasteiger partial charge in [-0.05, 0) is 64.5 Å². The molecule has 2 saturated heterocycles. The van der Waals surface area contributed by atoms with Crippen molar-refractivity contribution in [2.24, 2.45) is 11.3 Å². The number of hydrogen-bond acceptors (Lipinski definition) is 4. The molecule has 1 aliphatic carbocycles. The van der Waals surface area contributed by atoms with Gasteiger partial charge in [-0.25, -0.2) is 0 Å². The van der Waals surface area contributed by atoms with Gasteiger partial charge in [-0.1, -0.05) is 0 Å². The van der Waals surface area contributed by atoms with Gasteiger partial charge in [0.2, 0.25) is 5.91 Å². The molecule has 132 valence electrons. The lowest BCUT2D eigenvalue weighted by Crippen LogP contribution is -2.55. The number of piperidine rings is 2. The largest absolute Gasteiger partial charge is 0.381 e. The molecule has 0 aromatic heterocycles. The zero-order valence-electron chi connectivity index (χ0n) is 15.0. The molecule has 1 saturated carbocycles. The molecule has 2 N–H and O–H groups in total. The average Bonchev–Trinajstić information content (AvgIpc) is 3.26. The molecule has 1 unspecified atom stereocenters. The standard InChI is InChI=1S/C18H33N3O2/c1-17(2,21-10-4-14(23-3)5-11-21)13-20-16(22)15-12-18(15)6-8-19-9-7-18/h14-15,19H,4-13H2,1-3H3,(H,20,22). The van der Waals surface area contributed by atoms with E-state index in [1.807, 2.05) is 0 Å². The van der Waals surface area contributed by atoms with E-state index < -0.39 is 0 Å². The molecule has 0 bridgehead atoms. The minimum Gasteiger partial charge on any atom is -0.381 e. The Labute approximate surface area is 140 Å². The van der Waals surface area contributed by atoms with Gasteiger partial charge >= 0.3 is 0 Å². The number of carbonyl (C=O) groups excluding carboxylic acids is 1. The first-order chi connectivity index (χ1) is 11.0. The topological polar surface area (TPSA) is 53.6 Å². The predicted octanol–water partition coefficient (Wildman–Crippen LogP) is 1.38. The van der Waals surface area contributed by atoms with Crippen LogP contribution in [0.15, 0.2) is 0 Å². The maximum absolute atomic E-state index is 12.5. The Bertz CT molecular complexity index is 424. The van der Waals surface area contributed by atoms with E-state index in [1.165, 1.54) is 12.8 Å². The normalized spacial score (nSPS) is 28.7. The van der Waals surface area contributed by atoms with Crippen LogP contribution in [-0.4, -0.2) is 62.3 Å². The van der Waals surface area contributed by atoms with Crippen molar-refractivity contribution in [3.8, 4) is 0 Å². The summed E-state index contributed by atoms with van der Waals surface area (Å²) in [5, 5.41) is 6.65.